The minimum atomic E-state index is 0.126. The van der Waals surface area contributed by atoms with Crippen LogP contribution in [0, 0.1) is 0 Å². The van der Waals surface area contributed by atoms with Crippen LogP contribution in [-0.4, -0.2) is 80.8 Å². The van der Waals surface area contributed by atoms with Gasteiger partial charge in [0.25, 0.3) is 0 Å². The molecule has 0 radical (unpaired) electrons. The quantitative estimate of drug-likeness (QED) is 0.0485. The monoisotopic (exact) mass is 835 g/mol. The Bertz CT molecular complexity index is 1640. The summed E-state index contributed by atoms with van der Waals surface area (Å²) < 4.78 is 19.7. The molecular formula is C54H82N4O3. The van der Waals surface area contributed by atoms with Crippen molar-refractivity contribution in [3.63, 3.8) is 0 Å². The third kappa shape index (κ3) is 14.9. The highest BCUT2D eigenvalue weighted by molar-refractivity contribution is 5.58. The van der Waals surface area contributed by atoms with Crippen LogP contribution in [0.2, 0.25) is 0 Å². The van der Waals surface area contributed by atoms with Crippen LogP contribution in [0.3, 0.4) is 0 Å². The van der Waals surface area contributed by atoms with E-state index < -0.39 is 0 Å². The predicted octanol–water partition coefficient (Wildman–Crippen LogP) is 13.2. The van der Waals surface area contributed by atoms with Gasteiger partial charge in [-0.2, -0.15) is 0 Å². The van der Waals surface area contributed by atoms with Crippen molar-refractivity contribution < 1.29 is 14.2 Å². The lowest BCUT2D eigenvalue weighted by atomic mass is 9.87. The first-order valence-corrected chi connectivity index (χ1v) is 23.8. The fraction of sp³-hybridized carbons (Fsp3) is 0.556. The van der Waals surface area contributed by atoms with E-state index in [4.69, 9.17) is 14.2 Å². The van der Waals surface area contributed by atoms with Gasteiger partial charge in [-0.15, -0.1) is 0 Å². The summed E-state index contributed by atoms with van der Waals surface area (Å²) in [6.07, 6.45) is 11.2. The zero-order valence-corrected chi connectivity index (χ0v) is 40.0. The highest BCUT2D eigenvalue weighted by Crippen LogP contribution is 2.40. The molecule has 0 aliphatic rings. The van der Waals surface area contributed by atoms with Gasteiger partial charge in [-0.05, 0) is 99.9 Å². The van der Waals surface area contributed by atoms with Crippen molar-refractivity contribution in [2.75, 3.05) is 100 Å². The Labute approximate surface area is 372 Å². The second-order valence-electron chi connectivity index (χ2n) is 17.0. The van der Waals surface area contributed by atoms with Crippen LogP contribution >= 0.6 is 0 Å². The molecule has 0 aliphatic heterocycles. The summed E-state index contributed by atoms with van der Waals surface area (Å²) in [5, 5.41) is 0. The van der Waals surface area contributed by atoms with Crippen molar-refractivity contribution in [2.45, 2.75) is 118 Å². The Morgan fingerprint density at radius 1 is 0.426 bits per heavy atom. The Hall–Kier alpha value is -4.36. The third-order valence-corrected chi connectivity index (χ3v) is 11.9. The van der Waals surface area contributed by atoms with Gasteiger partial charge in [0.1, 0.15) is 11.5 Å². The minimum Gasteiger partial charge on any atom is -0.493 e. The normalized spacial score (nSPS) is 12.2. The van der Waals surface area contributed by atoms with Crippen molar-refractivity contribution in [3.05, 3.63) is 107 Å². The molecule has 4 aromatic carbocycles. The van der Waals surface area contributed by atoms with E-state index >= 15 is 0 Å². The number of hydrogen-bond donors (Lipinski definition) is 0. The maximum Gasteiger partial charge on any atom is 0.125 e. The molecule has 2 unspecified atom stereocenters. The van der Waals surface area contributed by atoms with Crippen LogP contribution in [0.25, 0.3) is 0 Å². The standard InChI is InChI=1S/C54H82N4O3/c1-11-17-35-57(36-18-12-2)47-29-31-51(53(41-47)60-15-5)49(43-21-25-45(26-22-43)55(7)8)33-39-59-40-34-50(44-23-27-46(28-24-44)56(9)10)52-32-30-48(42-54(52)61-16-6)58(37-19-13-3)38-20-14-4/h21-32,41-42,49-50H,11-20,33-40H2,1-10H3. The molecule has 7 heteroatoms. The summed E-state index contributed by atoms with van der Waals surface area (Å²) in [5.41, 5.74) is 9.92. The molecule has 0 amide bonds. The molecule has 4 aromatic rings. The van der Waals surface area contributed by atoms with E-state index in [1.807, 2.05) is 0 Å². The second kappa shape index (κ2) is 26.9. The molecule has 2 atom stereocenters. The van der Waals surface area contributed by atoms with Gasteiger partial charge in [0.15, 0.2) is 0 Å². The summed E-state index contributed by atoms with van der Waals surface area (Å²) in [6.45, 7) is 20.1. The maximum atomic E-state index is 6.69. The smallest absolute Gasteiger partial charge is 0.125 e. The lowest BCUT2D eigenvalue weighted by molar-refractivity contribution is 0.124. The number of rotatable bonds is 30. The van der Waals surface area contributed by atoms with Crippen molar-refractivity contribution in [1.82, 2.24) is 0 Å². The first-order valence-electron chi connectivity index (χ1n) is 23.8. The van der Waals surface area contributed by atoms with Crippen molar-refractivity contribution in [2.24, 2.45) is 0 Å². The largest absolute Gasteiger partial charge is 0.493 e. The average Bonchev–Trinajstić information content (AvgIpc) is 3.27. The highest BCUT2D eigenvalue weighted by Gasteiger charge is 2.23. The molecule has 0 fully saturated rings. The lowest BCUT2D eigenvalue weighted by Crippen LogP contribution is -2.25. The molecule has 4 rings (SSSR count). The van der Waals surface area contributed by atoms with E-state index in [2.05, 4.69) is 174 Å². The molecule has 61 heavy (non-hydrogen) atoms. The van der Waals surface area contributed by atoms with Gasteiger partial charge in [-0.3, -0.25) is 0 Å². The van der Waals surface area contributed by atoms with Crippen molar-refractivity contribution in [1.29, 1.82) is 0 Å². The van der Waals surface area contributed by atoms with Gasteiger partial charge < -0.3 is 33.8 Å². The van der Waals surface area contributed by atoms with E-state index in [9.17, 15) is 0 Å². The van der Waals surface area contributed by atoms with Crippen molar-refractivity contribution in [3.8, 4) is 11.5 Å². The topological polar surface area (TPSA) is 40.7 Å². The molecule has 0 saturated heterocycles. The van der Waals surface area contributed by atoms with Crippen LogP contribution in [0.15, 0.2) is 84.9 Å². The van der Waals surface area contributed by atoms with Crippen molar-refractivity contribution >= 4 is 22.7 Å². The summed E-state index contributed by atoms with van der Waals surface area (Å²) in [5.74, 6) is 2.22. The van der Waals surface area contributed by atoms with E-state index in [0.717, 1.165) is 50.5 Å². The predicted molar refractivity (Wildman–Crippen MR) is 265 cm³/mol. The van der Waals surface area contributed by atoms with Crippen LogP contribution < -0.4 is 29.1 Å². The van der Waals surface area contributed by atoms with Gasteiger partial charge in [-0.25, -0.2) is 0 Å². The molecule has 0 saturated carbocycles. The molecule has 0 heterocycles. The molecule has 0 spiro atoms. The number of nitrogens with zero attached hydrogens (tertiary/aromatic N) is 4. The fourth-order valence-electron chi connectivity index (χ4n) is 8.23. The second-order valence-corrected chi connectivity index (χ2v) is 17.0. The Kier molecular flexibility index (Phi) is 21.7. The summed E-state index contributed by atoms with van der Waals surface area (Å²) in [4.78, 5) is 9.42. The van der Waals surface area contributed by atoms with E-state index in [1.54, 1.807) is 0 Å². The summed E-state index contributed by atoms with van der Waals surface area (Å²) in [7, 11) is 8.39. The SMILES string of the molecule is CCCCN(CCCC)c1ccc(C(CCOCCC(c2ccc(N(C)C)cc2)c2ccc(N(CCCC)CCCC)cc2OCC)c2ccc(N(C)C)cc2)c(OCC)c1. The van der Waals surface area contributed by atoms with Gasteiger partial charge in [0, 0.05) is 125 Å². The zero-order valence-electron chi connectivity index (χ0n) is 40.0. The molecular weight excluding hydrogens is 753 g/mol. The van der Waals surface area contributed by atoms with Gasteiger partial charge in [0.2, 0.25) is 0 Å². The van der Waals surface area contributed by atoms with Crippen LogP contribution in [0.5, 0.6) is 11.5 Å². The third-order valence-electron chi connectivity index (χ3n) is 11.9. The molecule has 336 valence electrons. The number of benzene rings is 4. The Morgan fingerprint density at radius 3 is 1.05 bits per heavy atom. The average molecular weight is 835 g/mol. The van der Waals surface area contributed by atoms with Crippen LogP contribution in [0.1, 0.15) is 140 Å². The molecule has 0 N–H and O–H groups in total. The first-order chi connectivity index (χ1) is 29.7. The van der Waals surface area contributed by atoms with Crippen LogP contribution in [0.4, 0.5) is 22.7 Å². The van der Waals surface area contributed by atoms with Gasteiger partial charge in [0.05, 0.1) is 13.2 Å². The molecule has 0 bridgehead atoms. The number of ether oxygens (including phenoxy) is 3. The number of hydrogen-bond acceptors (Lipinski definition) is 7. The van der Waals surface area contributed by atoms with Crippen LogP contribution in [-0.2, 0) is 4.74 Å². The molecule has 0 aromatic heterocycles. The number of anilines is 4. The lowest BCUT2D eigenvalue weighted by Gasteiger charge is -2.28. The zero-order chi connectivity index (χ0) is 44.0. The summed E-state index contributed by atoms with van der Waals surface area (Å²) in [6, 6.07) is 32.0. The number of unbranched alkanes of at least 4 members (excludes halogenated alkanes) is 4. The van der Waals surface area contributed by atoms with Gasteiger partial charge >= 0.3 is 0 Å². The van der Waals surface area contributed by atoms with Gasteiger partial charge in [-0.1, -0.05) is 89.8 Å². The Balaban J connectivity index is 1.63. The fourth-order valence-corrected chi connectivity index (χ4v) is 8.23. The minimum absolute atomic E-state index is 0.126. The highest BCUT2D eigenvalue weighted by atomic mass is 16.5. The van der Waals surface area contributed by atoms with E-state index in [-0.39, 0.29) is 11.8 Å². The Morgan fingerprint density at radius 2 is 0.754 bits per heavy atom. The maximum absolute atomic E-state index is 6.69. The van der Waals surface area contributed by atoms with E-state index in [0.29, 0.717) is 26.4 Å². The molecule has 0 aliphatic carbocycles. The van der Waals surface area contributed by atoms with E-state index in [1.165, 1.54) is 96.4 Å². The first kappa shape index (κ1) is 49.3. The summed E-state index contributed by atoms with van der Waals surface area (Å²) >= 11 is 0. The molecule has 7 nitrogen and oxygen atoms in total.